The summed E-state index contributed by atoms with van der Waals surface area (Å²) in [4.78, 5) is 16.9. The second kappa shape index (κ2) is 7.18. The molecule has 0 aromatic heterocycles. The van der Waals surface area contributed by atoms with Crippen molar-refractivity contribution in [3.8, 4) is 0 Å². The third kappa shape index (κ3) is 3.56. The molecule has 0 spiro atoms. The van der Waals surface area contributed by atoms with Gasteiger partial charge in [0.25, 0.3) is 5.91 Å². The van der Waals surface area contributed by atoms with Gasteiger partial charge in [0.2, 0.25) is 10.0 Å². The standard InChI is InChI=1S/C19H18BrN3O3S/c20-13-4-9-17-16(12-13)18(19(24)22-17)21-14-5-7-15(8-6-14)27(25,26)23-10-2-1-3-11-23/h4-9,12H,1-3,10-11H2,(H,21,22,24). The molecule has 6 nitrogen and oxygen atoms in total. The van der Waals surface area contributed by atoms with Crippen molar-refractivity contribution in [2.75, 3.05) is 18.4 Å². The Morgan fingerprint density at radius 3 is 2.41 bits per heavy atom. The Balaban J connectivity index is 1.63. The third-order valence-electron chi connectivity index (χ3n) is 4.73. The number of hydrogen-bond donors (Lipinski definition) is 1. The second-order valence-corrected chi connectivity index (χ2v) is 9.42. The molecule has 1 N–H and O–H groups in total. The molecule has 27 heavy (non-hydrogen) atoms. The first-order valence-electron chi connectivity index (χ1n) is 8.75. The number of carbonyl (C=O) groups excluding carboxylic acids is 1. The molecular formula is C19H18BrN3O3S. The molecule has 140 valence electrons. The van der Waals surface area contributed by atoms with E-state index >= 15 is 0 Å². The number of fused-ring (bicyclic) bond motifs is 1. The third-order valence-corrected chi connectivity index (χ3v) is 7.14. The quantitative estimate of drug-likeness (QED) is 0.778. The zero-order valence-corrected chi connectivity index (χ0v) is 16.9. The fourth-order valence-corrected chi connectivity index (χ4v) is 5.19. The van der Waals surface area contributed by atoms with Gasteiger partial charge in [0.15, 0.2) is 0 Å². The highest BCUT2D eigenvalue weighted by Gasteiger charge is 2.27. The first-order chi connectivity index (χ1) is 12.9. The number of benzene rings is 2. The van der Waals surface area contributed by atoms with Crippen molar-refractivity contribution >= 4 is 48.9 Å². The predicted molar refractivity (Wildman–Crippen MR) is 108 cm³/mol. The Bertz CT molecular complexity index is 1030. The van der Waals surface area contributed by atoms with E-state index < -0.39 is 10.0 Å². The average Bonchev–Trinajstić information content (AvgIpc) is 2.98. The number of aliphatic imine (C=N–C) groups is 1. The topological polar surface area (TPSA) is 78.8 Å². The minimum atomic E-state index is -3.47. The van der Waals surface area contributed by atoms with Crippen LogP contribution in [0, 0.1) is 0 Å². The van der Waals surface area contributed by atoms with Crippen LogP contribution in [0.25, 0.3) is 0 Å². The first kappa shape index (κ1) is 18.3. The van der Waals surface area contributed by atoms with E-state index in [0.717, 1.165) is 29.3 Å². The van der Waals surface area contributed by atoms with Crippen LogP contribution in [-0.2, 0) is 14.8 Å². The second-order valence-electron chi connectivity index (χ2n) is 6.56. The highest BCUT2D eigenvalue weighted by molar-refractivity contribution is 9.10. The molecule has 0 atom stereocenters. The molecule has 4 rings (SSSR count). The summed E-state index contributed by atoms with van der Waals surface area (Å²) in [5.74, 6) is -0.270. The summed E-state index contributed by atoms with van der Waals surface area (Å²) in [6.45, 7) is 1.14. The molecule has 0 saturated carbocycles. The highest BCUT2D eigenvalue weighted by atomic mass is 79.9. The molecule has 2 aliphatic rings. The Morgan fingerprint density at radius 2 is 1.70 bits per heavy atom. The molecule has 0 bridgehead atoms. The van der Waals surface area contributed by atoms with Crippen molar-refractivity contribution in [3.05, 3.63) is 52.5 Å². The summed E-state index contributed by atoms with van der Waals surface area (Å²) >= 11 is 3.40. The number of piperidine rings is 1. The van der Waals surface area contributed by atoms with Crippen molar-refractivity contribution < 1.29 is 13.2 Å². The number of nitrogens with zero attached hydrogens (tertiary/aromatic N) is 2. The van der Waals surface area contributed by atoms with Crippen LogP contribution < -0.4 is 5.32 Å². The van der Waals surface area contributed by atoms with Crippen LogP contribution in [0.5, 0.6) is 0 Å². The maximum Gasteiger partial charge on any atom is 0.275 e. The molecule has 2 aromatic rings. The van der Waals surface area contributed by atoms with E-state index in [9.17, 15) is 13.2 Å². The van der Waals surface area contributed by atoms with Crippen molar-refractivity contribution in [1.82, 2.24) is 4.31 Å². The molecule has 0 unspecified atom stereocenters. The Morgan fingerprint density at radius 1 is 1.00 bits per heavy atom. The fraction of sp³-hybridized carbons (Fsp3) is 0.263. The zero-order valence-electron chi connectivity index (χ0n) is 14.5. The Hall–Kier alpha value is -2.03. The van der Waals surface area contributed by atoms with Crippen molar-refractivity contribution in [1.29, 1.82) is 0 Å². The van der Waals surface area contributed by atoms with Gasteiger partial charge in [0.1, 0.15) is 5.71 Å². The van der Waals surface area contributed by atoms with Crippen molar-refractivity contribution in [2.45, 2.75) is 24.2 Å². The van der Waals surface area contributed by atoms with Gasteiger partial charge in [-0.15, -0.1) is 0 Å². The number of sulfonamides is 1. The lowest BCUT2D eigenvalue weighted by Gasteiger charge is -2.25. The molecule has 1 amide bonds. The van der Waals surface area contributed by atoms with Crippen LogP contribution in [0.2, 0.25) is 0 Å². The number of rotatable bonds is 3. The van der Waals surface area contributed by atoms with Gasteiger partial charge in [0, 0.05) is 23.1 Å². The summed E-state index contributed by atoms with van der Waals surface area (Å²) in [7, 11) is -3.47. The normalized spacial score (nSPS) is 19.1. The summed E-state index contributed by atoms with van der Waals surface area (Å²) in [6.07, 6.45) is 2.87. The minimum absolute atomic E-state index is 0.257. The summed E-state index contributed by atoms with van der Waals surface area (Å²) in [6, 6.07) is 11.9. The van der Waals surface area contributed by atoms with Crippen LogP contribution in [0.4, 0.5) is 11.4 Å². The molecule has 8 heteroatoms. The van der Waals surface area contributed by atoms with Crippen LogP contribution in [0.1, 0.15) is 24.8 Å². The molecule has 1 saturated heterocycles. The molecule has 0 aliphatic carbocycles. The van der Waals surface area contributed by atoms with Gasteiger partial charge in [-0.2, -0.15) is 4.31 Å². The fourth-order valence-electron chi connectivity index (χ4n) is 3.31. The van der Waals surface area contributed by atoms with Gasteiger partial charge in [0.05, 0.1) is 16.3 Å². The monoisotopic (exact) mass is 447 g/mol. The average molecular weight is 448 g/mol. The Labute approximate surface area is 166 Å². The predicted octanol–water partition coefficient (Wildman–Crippen LogP) is 3.70. The van der Waals surface area contributed by atoms with Crippen LogP contribution in [0.15, 0.2) is 56.8 Å². The minimum Gasteiger partial charge on any atom is -0.320 e. The number of amides is 1. The molecular weight excluding hydrogens is 430 g/mol. The van der Waals surface area contributed by atoms with Crippen LogP contribution in [0.3, 0.4) is 0 Å². The maximum absolute atomic E-state index is 12.7. The number of anilines is 1. The van der Waals surface area contributed by atoms with E-state index in [-0.39, 0.29) is 10.8 Å². The van der Waals surface area contributed by atoms with Gasteiger partial charge in [-0.25, -0.2) is 13.4 Å². The molecule has 2 aliphatic heterocycles. The van der Waals surface area contributed by atoms with Crippen molar-refractivity contribution in [2.24, 2.45) is 4.99 Å². The lowest BCUT2D eigenvalue weighted by Crippen LogP contribution is -2.35. The van der Waals surface area contributed by atoms with Crippen LogP contribution >= 0.6 is 15.9 Å². The van der Waals surface area contributed by atoms with Crippen molar-refractivity contribution in [3.63, 3.8) is 0 Å². The summed E-state index contributed by atoms with van der Waals surface area (Å²) < 4.78 is 27.8. The van der Waals surface area contributed by atoms with E-state index in [0.29, 0.717) is 30.2 Å². The van der Waals surface area contributed by atoms with E-state index in [4.69, 9.17) is 0 Å². The molecule has 2 heterocycles. The molecule has 2 aromatic carbocycles. The molecule has 1 fully saturated rings. The first-order valence-corrected chi connectivity index (χ1v) is 11.0. The van der Waals surface area contributed by atoms with Gasteiger partial charge >= 0.3 is 0 Å². The maximum atomic E-state index is 12.7. The van der Waals surface area contributed by atoms with Crippen LogP contribution in [-0.4, -0.2) is 37.4 Å². The van der Waals surface area contributed by atoms with E-state index in [1.54, 1.807) is 24.3 Å². The van der Waals surface area contributed by atoms with E-state index in [1.807, 2.05) is 18.2 Å². The van der Waals surface area contributed by atoms with E-state index in [2.05, 4.69) is 26.2 Å². The Kier molecular flexibility index (Phi) is 4.88. The number of hydrogen-bond acceptors (Lipinski definition) is 4. The SMILES string of the molecule is O=C1Nc2ccc(Br)cc2C1=Nc1ccc(S(=O)(=O)N2CCCCC2)cc1. The largest absolute Gasteiger partial charge is 0.320 e. The zero-order chi connectivity index (χ0) is 19.0. The van der Waals surface area contributed by atoms with Gasteiger partial charge in [-0.05, 0) is 55.3 Å². The highest BCUT2D eigenvalue weighted by Crippen LogP contribution is 2.29. The lowest BCUT2D eigenvalue weighted by molar-refractivity contribution is -0.110. The number of carbonyl (C=O) groups is 1. The lowest BCUT2D eigenvalue weighted by atomic mass is 10.1. The van der Waals surface area contributed by atoms with Gasteiger partial charge in [-0.1, -0.05) is 22.4 Å². The molecule has 0 radical (unpaired) electrons. The number of halogens is 1. The van der Waals surface area contributed by atoms with E-state index in [1.165, 1.54) is 4.31 Å². The smallest absolute Gasteiger partial charge is 0.275 e. The number of nitrogens with one attached hydrogen (secondary N) is 1. The summed E-state index contributed by atoms with van der Waals surface area (Å²) in [5.41, 5.74) is 2.29. The summed E-state index contributed by atoms with van der Waals surface area (Å²) in [5, 5.41) is 2.78. The van der Waals surface area contributed by atoms with Gasteiger partial charge in [-0.3, -0.25) is 4.79 Å². The van der Waals surface area contributed by atoms with Gasteiger partial charge < -0.3 is 5.32 Å².